The number of aliphatic hydroxyl groups is 2. The lowest BCUT2D eigenvalue weighted by molar-refractivity contribution is 0.0572. The number of thiophene rings is 1. The Labute approximate surface area is 105 Å². The van der Waals surface area contributed by atoms with E-state index in [0.717, 1.165) is 2.88 Å². The summed E-state index contributed by atoms with van der Waals surface area (Å²) in [6.07, 6.45) is -1.63. The third-order valence-corrected chi connectivity index (χ3v) is 4.15. The number of hydrogen-bond acceptors (Lipinski definition) is 4. The Morgan fingerprint density at radius 1 is 1.47 bits per heavy atom. The molecule has 1 saturated heterocycles. The molecule has 2 heterocycles. The molecule has 1 aromatic rings. The molecule has 2 atom stereocenters. The molecule has 0 bridgehead atoms. The molecular weight excluding hydrogens is 329 g/mol. The van der Waals surface area contributed by atoms with E-state index in [1.54, 1.807) is 5.38 Å². The van der Waals surface area contributed by atoms with Crippen molar-refractivity contribution in [3.8, 4) is 0 Å². The molecule has 0 radical (unpaired) electrons. The normalized spacial score (nSPS) is 25.9. The highest BCUT2D eigenvalue weighted by molar-refractivity contribution is 14.1. The van der Waals surface area contributed by atoms with Crippen LogP contribution in [0.3, 0.4) is 0 Å². The fourth-order valence-electron chi connectivity index (χ4n) is 1.54. The first-order valence-electron chi connectivity index (χ1n) is 4.47. The van der Waals surface area contributed by atoms with Crippen molar-refractivity contribution in [2.45, 2.75) is 12.2 Å². The maximum atomic E-state index is 11.9. The highest BCUT2D eigenvalue weighted by Gasteiger charge is 2.33. The number of halogens is 1. The summed E-state index contributed by atoms with van der Waals surface area (Å²) in [5, 5.41) is 20.4. The zero-order valence-corrected chi connectivity index (χ0v) is 10.7. The predicted molar refractivity (Wildman–Crippen MR) is 65.0 cm³/mol. The summed E-state index contributed by atoms with van der Waals surface area (Å²) in [6, 6.07) is 1.81. The Hall–Kier alpha value is -0.180. The number of carbonyl (C=O) groups excluding carboxylic acids is 1. The zero-order chi connectivity index (χ0) is 11.0. The molecule has 6 heteroatoms. The van der Waals surface area contributed by atoms with Crippen LogP contribution < -0.4 is 0 Å². The molecule has 4 nitrogen and oxygen atoms in total. The van der Waals surface area contributed by atoms with Gasteiger partial charge in [0.1, 0.15) is 0 Å². The molecule has 0 aliphatic carbocycles. The number of likely N-dealkylation sites (tertiary alicyclic amines) is 1. The first kappa shape index (κ1) is 11.3. The smallest absolute Gasteiger partial charge is 0.254 e. The van der Waals surface area contributed by atoms with Crippen LogP contribution in [0.4, 0.5) is 0 Å². The molecule has 0 saturated carbocycles. The van der Waals surface area contributed by atoms with Crippen LogP contribution in [0.1, 0.15) is 10.4 Å². The van der Waals surface area contributed by atoms with Crippen molar-refractivity contribution in [1.82, 2.24) is 4.90 Å². The molecule has 0 spiro atoms. The number of β-amino-alcohol motifs (C(OH)–C–C–N with tert-alkyl or cyclic N) is 2. The average Bonchev–Trinajstić information content (AvgIpc) is 2.74. The molecule has 2 rings (SSSR count). The van der Waals surface area contributed by atoms with Crippen molar-refractivity contribution in [3.05, 3.63) is 19.9 Å². The topological polar surface area (TPSA) is 60.8 Å². The summed E-state index contributed by atoms with van der Waals surface area (Å²) >= 11 is 3.66. The molecule has 0 aromatic carbocycles. The van der Waals surface area contributed by atoms with Gasteiger partial charge in [-0.15, -0.1) is 11.3 Å². The number of aliphatic hydroxyl groups excluding tert-OH is 2. The van der Waals surface area contributed by atoms with Gasteiger partial charge < -0.3 is 15.1 Å². The second kappa shape index (κ2) is 4.36. The van der Waals surface area contributed by atoms with E-state index in [1.165, 1.54) is 16.2 Å². The van der Waals surface area contributed by atoms with Gasteiger partial charge in [-0.05, 0) is 28.7 Å². The highest BCUT2D eigenvalue weighted by atomic mass is 127. The Balaban J connectivity index is 2.10. The van der Waals surface area contributed by atoms with Gasteiger partial charge in [0.2, 0.25) is 0 Å². The third-order valence-electron chi connectivity index (χ3n) is 2.36. The molecule has 1 amide bonds. The van der Waals surface area contributed by atoms with Crippen molar-refractivity contribution >= 4 is 39.8 Å². The standard InChI is InChI=1S/C9H10INO3S/c10-8-1-5(4-15-8)9(14)11-2-6(12)7(13)3-11/h1,4,6-7,12-13H,2-3H2/t6-,7+. The molecule has 1 aliphatic heterocycles. The predicted octanol–water partition coefficient (Wildman–Crippen LogP) is 0.530. The largest absolute Gasteiger partial charge is 0.388 e. The number of amides is 1. The van der Waals surface area contributed by atoms with Gasteiger partial charge in [-0.2, -0.15) is 0 Å². The Kier molecular flexibility index (Phi) is 3.29. The molecule has 82 valence electrons. The average molecular weight is 339 g/mol. The fraction of sp³-hybridized carbons (Fsp3) is 0.444. The van der Waals surface area contributed by atoms with E-state index in [9.17, 15) is 15.0 Å². The minimum atomic E-state index is -0.813. The van der Waals surface area contributed by atoms with E-state index in [2.05, 4.69) is 22.6 Å². The van der Waals surface area contributed by atoms with Crippen LogP contribution in [0.25, 0.3) is 0 Å². The van der Waals surface area contributed by atoms with Gasteiger partial charge in [0.05, 0.1) is 20.7 Å². The Morgan fingerprint density at radius 3 is 2.53 bits per heavy atom. The van der Waals surface area contributed by atoms with E-state index in [4.69, 9.17) is 0 Å². The summed E-state index contributed by atoms with van der Waals surface area (Å²) in [6.45, 7) is 0.429. The third kappa shape index (κ3) is 2.32. The van der Waals surface area contributed by atoms with E-state index in [1.807, 2.05) is 6.07 Å². The second-order valence-corrected chi connectivity index (χ2v) is 6.29. The number of rotatable bonds is 1. The Bertz CT molecular complexity index is 371. The number of carbonyl (C=O) groups is 1. The zero-order valence-electron chi connectivity index (χ0n) is 7.76. The van der Waals surface area contributed by atoms with Crippen molar-refractivity contribution < 1.29 is 15.0 Å². The lowest BCUT2D eigenvalue weighted by Gasteiger charge is -2.13. The van der Waals surface area contributed by atoms with Crippen LogP contribution in [-0.4, -0.2) is 46.3 Å². The molecule has 1 aliphatic rings. The lowest BCUT2D eigenvalue weighted by atomic mass is 10.3. The van der Waals surface area contributed by atoms with Gasteiger partial charge in [-0.1, -0.05) is 0 Å². The molecule has 1 aromatic heterocycles. The van der Waals surface area contributed by atoms with Crippen LogP contribution in [0, 0.1) is 2.88 Å². The van der Waals surface area contributed by atoms with Crippen LogP contribution in [-0.2, 0) is 0 Å². The van der Waals surface area contributed by atoms with Gasteiger partial charge in [-0.25, -0.2) is 0 Å². The summed E-state index contributed by atoms with van der Waals surface area (Å²) in [5.41, 5.74) is 0.630. The summed E-state index contributed by atoms with van der Waals surface area (Å²) in [5.74, 6) is -0.121. The van der Waals surface area contributed by atoms with Crippen LogP contribution in [0.15, 0.2) is 11.4 Å². The van der Waals surface area contributed by atoms with Gasteiger partial charge in [0.25, 0.3) is 5.91 Å². The number of hydrogen-bond donors (Lipinski definition) is 2. The van der Waals surface area contributed by atoms with Crippen molar-refractivity contribution in [1.29, 1.82) is 0 Å². The van der Waals surface area contributed by atoms with Crippen LogP contribution in [0.5, 0.6) is 0 Å². The van der Waals surface area contributed by atoms with E-state index in [-0.39, 0.29) is 19.0 Å². The monoisotopic (exact) mass is 339 g/mol. The maximum absolute atomic E-state index is 11.9. The van der Waals surface area contributed by atoms with Crippen LogP contribution in [0.2, 0.25) is 0 Å². The van der Waals surface area contributed by atoms with Crippen LogP contribution >= 0.6 is 33.9 Å². The summed E-state index contributed by atoms with van der Waals surface area (Å²) in [4.78, 5) is 13.3. The minimum Gasteiger partial charge on any atom is -0.388 e. The molecular formula is C9H10INO3S. The fourth-order valence-corrected chi connectivity index (χ4v) is 2.86. The molecule has 1 fully saturated rings. The first-order valence-corrected chi connectivity index (χ1v) is 6.43. The quantitative estimate of drug-likeness (QED) is 0.734. The summed E-state index contributed by atoms with van der Waals surface area (Å²) in [7, 11) is 0. The van der Waals surface area contributed by atoms with Gasteiger partial charge in [0.15, 0.2) is 0 Å². The van der Waals surface area contributed by atoms with Crippen molar-refractivity contribution in [3.63, 3.8) is 0 Å². The SMILES string of the molecule is O=C(c1csc(I)c1)N1C[C@@H](O)[C@@H](O)C1. The van der Waals surface area contributed by atoms with E-state index < -0.39 is 12.2 Å². The van der Waals surface area contributed by atoms with E-state index >= 15 is 0 Å². The van der Waals surface area contributed by atoms with Gasteiger partial charge in [0, 0.05) is 18.5 Å². The Morgan fingerprint density at radius 2 is 2.07 bits per heavy atom. The van der Waals surface area contributed by atoms with Crippen molar-refractivity contribution in [2.24, 2.45) is 0 Å². The molecule has 0 unspecified atom stereocenters. The number of nitrogens with zero attached hydrogens (tertiary/aromatic N) is 1. The minimum absolute atomic E-state index is 0.121. The lowest BCUT2D eigenvalue weighted by Crippen LogP contribution is -2.29. The summed E-state index contributed by atoms with van der Waals surface area (Å²) < 4.78 is 1.05. The maximum Gasteiger partial charge on any atom is 0.254 e. The van der Waals surface area contributed by atoms with Crippen molar-refractivity contribution in [2.75, 3.05) is 13.1 Å². The molecule has 15 heavy (non-hydrogen) atoms. The van der Waals surface area contributed by atoms with Gasteiger partial charge in [-0.3, -0.25) is 4.79 Å². The highest BCUT2D eigenvalue weighted by Crippen LogP contribution is 2.20. The van der Waals surface area contributed by atoms with Gasteiger partial charge >= 0.3 is 0 Å². The second-order valence-electron chi connectivity index (χ2n) is 3.48. The molecule has 2 N–H and O–H groups in total. The van der Waals surface area contributed by atoms with E-state index in [0.29, 0.717) is 5.56 Å². The first-order chi connectivity index (χ1) is 7.08.